The molecule has 0 aliphatic heterocycles. The van der Waals surface area contributed by atoms with E-state index in [1.54, 1.807) is 23.2 Å². The molecule has 1 aromatic heterocycles. The quantitative estimate of drug-likeness (QED) is 0.386. The van der Waals surface area contributed by atoms with Crippen molar-refractivity contribution in [2.45, 2.75) is 20.8 Å². The zero-order chi connectivity index (χ0) is 17.9. The van der Waals surface area contributed by atoms with Crippen molar-refractivity contribution in [2.75, 3.05) is 0 Å². The zero-order valence-electron chi connectivity index (χ0n) is 13.2. The van der Waals surface area contributed by atoms with Gasteiger partial charge in [-0.05, 0) is 36.8 Å². The van der Waals surface area contributed by atoms with Crippen LogP contribution in [0.3, 0.4) is 0 Å². The van der Waals surface area contributed by atoms with Crippen molar-refractivity contribution in [1.29, 1.82) is 0 Å². The second kappa shape index (κ2) is 8.15. The Morgan fingerprint density at radius 2 is 1.75 bits per heavy atom. The Kier molecular flexibility index (Phi) is 6.45. The summed E-state index contributed by atoms with van der Waals surface area (Å²) in [7, 11) is 1.31. The van der Waals surface area contributed by atoms with Crippen molar-refractivity contribution in [3.8, 4) is 11.5 Å². The van der Waals surface area contributed by atoms with Crippen LogP contribution in [0.25, 0.3) is 10.9 Å². The molecule has 1 heterocycles. The van der Waals surface area contributed by atoms with Gasteiger partial charge in [0, 0.05) is 48.0 Å². The molecule has 0 unspecified atom stereocenters. The van der Waals surface area contributed by atoms with Crippen LogP contribution in [-0.2, 0) is 0 Å². The number of halogens is 4. The van der Waals surface area contributed by atoms with Gasteiger partial charge in [0.1, 0.15) is 11.6 Å². The van der Waals surface area contributed by atoms with E-state index >= 15 is 0 Å². The number of benzene rings is 2. The summed E-state index contributed by atoms with van der Waals surface area (Å²) in [6.45, 7) is 5.55. The van der Waals surface area contributed by atoms with Crippen molar-refractivity contribution >= 4 is 41.2 Å². The third kappa shape index (κ3) is 3.66. The first-order valence-electron chi connectivity index (χ1n) is 7.23. The fourth-order valence-electron chi connectivity index (χ4n) is 2.12. The zero-order valence-corrected chi connectivity index (χ0v) is 16.2. The highest BCUT2D eigenvalue weighted by Crippen LogP contribution is 2.35. The maximum atomic E-state index is 14.5. The van der Waals surface area contributed by atoms with Crippen LogP contribution in [0.1, 0.15) is 19.4 Å². The minimum absolute atomic E-state index is 0.179. The minimum Gasteiger partial charge on any atom is -0.451 e. The number of ether oxygens (including phenoxy) is 1. The lowest BCUT2D eigenvalue weighted by molar-refractivity contribution is 0.410. The van der Waals surface area contributed by atoms with E-state index in [-0.39, 0.29) is 11.1 Å². The number of aryl methyl sites for hydroxylation is 1. The molecule has 0 radical (unpaired) electrons. The molecule has 0 saturated carbocycles. The van der Waals surface area contributed by atoms with Crippen molar-refractivity contribution in [3.05, 3.63) is 59.5 Å². The molecule has 3 rings (SSSR count). The summed E-state index contributed by atoms with van der Waals surface area (Å²) in [5.74, 6) is -2.30. The van der Waals surface area contributed by atoms with E-state index < -0.39 is 23.2 Å². The molecule has 0 fully saturated rings. The minimum atomic E-state index is -0.808. The van der Waals surface area contributed by atoms with Gasteiger partial charge < -0.3 is 4.74 Å². The largest absolute Gasteiger partial charge is 0.451 e. The summed E-state index contributed by atoms with van der Waals surface area (Å²) in [6, 6.07) is 6.69. The lowest BCUT2D eigenvalue weighted by Gasteiger charge is -2.10. The maximum absolute atomic E-state index is 14.5. The molecule has 2 aromatic carbocycles. The molecule has 0 bridgehead atoms. The molecule has 0 saturated heterocycles. The SMILES string of the molecule is CC.Cc1cc(Oc2c(F)cc3c(ccn3SI)c2F)ccc1F. The molecular weight excluding hydrogens is 450 g/mol. The molecule has 0 N–H and O–H groups in total. The second-order valence-corrected chi connectivity index (χ2v) is 6.37. The average molecular weight is 465 g/mol. The fourth-order valence-corrected chi connectivity index (χ4v) is 3.48. The number of hydrogen-bond acceptors (Lipinski definition) is 2. The molecule has 0 aliphatic rings. The number of nitrogens with zero attached hydrogens (tertiary/aromatic N) is 1. The van der Waals surface area contributed by atoms with E-state index in [1.165, 1.54) is 33.4 Å². The first kappa shape index (κ1) is 19.0. The number of rotatable bonds is 3. The molecule has 0 aliphatic carbocycles. The smallest absolute Gasteiger partial charge is 0.199 e. The number of fused-ring (bicyclic) bond motifs is 1. The van der Waals surface area contributed by atoms with Crippen molar-refractivity contribution in [1.82, 2.24) is 3.97 Å². The van der Waals surface area contributed by atoms with E-state index in [0.717, 1.165) is 0 Å². The van der Waals surface area contributed by atoms with Crippen LogP contribution in [0, 0.1) is 24.4 Å². The normalized spacial score (nSPS) is 10.5. The van der Waals surface area contributed by atoms with E-state index in [9.17, 15) is 13.2 Å². The molecular formula is C17H15F3INOS. The Balaban J connectivity index is 0.00000100. The first-order chi connectivity index (χ1) is 11.5. The van der Waals surface area contributed by atoms with E-state index in [1.807, 2.05) is 35.1 Å². The monoisotopic (exact) mass is 465 g/mol. The van der Waals surface area contributed by atoms with Crippen LogP contribution in [0.5, 0.6) is 11.5 Å². The van der Waals surface area contributed by atoms with Gasteiger partial charge in [-0.1, -0.05) is 13.8 Å². The summed E-state index contributed by atoms with van der Waals surface area (Å²) < 4.78 is 48.8. The van der Waals surface area contributed by atoms with Gasteiger partial charge in [0.05, 0.1) is 5.52 Å². The van der Waals surface area contributed by atoms with Crippen molar-refractivity contribution in [2.24, 2.45) is 0 Å². The Morgan fingerprint density at radius 3 is 2.38 bits per heavy atom. The fraction of sp³-hybridized carbons (Fsp3) is 0.176. The Morgan fingerprint density at radius 1 is 1.04 bits per heavy atom. The van der Waals surface area contributed by atoms with Crippen LogP contribution >= 0.6 is 30.3 Å². The number of hydrogen-bond donors (Lipinski definition) is 0. The Bertz CT molecular complexity index is 867. The van der Waals surface area contributed by atoms with Gasteiger partial charge in [-0.15, -0.1) is 0 Å². The lowest BCUT2D eigenvalue weighted by atomic mass is 10.2. The third-order valence-corrected chi connectivity index (χ3v) is 4.97. The van der Waals surface area contributed by atoms with Gasteiger partial charge in [0.25, 0.3) is 0 Å². The Hall–Kier alpha value is -1.35. The molecule has 3 aromatic rings. The van der Waals surface area contributed by atoms with Crippen molar-refractivity contribution < 1.29 is 17.9 Å². The Labute approximate surface area is 154 Å². The highest BCUT2D eigenvalue weighted by atomic mass is 127. The van der Waals surface area contributed by atoms with Gasteiger partial charge >= 0.3 is 0 Å². The van der Waals surface area contributed by atoms with Crippen LogP contribution in [0.2, 0.25) is 0 Å². The summed E-state index contributed by atoms with van der Waals surface area (Å²) in [5.41, 5.74) is 0.767. The van der Waals surface area contributed by atoms with E-state index in [0.29, 0.717) is 11.1 Å². The molecule has 0 spiro atoms. The van der Waals surface area contributed by atoms with Crippen LogP contribution < -0.4 is 4.74 Å². The van der Waals surface area contributed by atoms with Crippen LogP contribution in [-0.4, -0.2) is 3.97 Å². The van der Waals surface area contributed by atoms with E-state index in [2.05, 4.69) is 0 Å². The van der Waals surface area contributed by atoms with Gasteiger partial charge in [-0.2, -0.15) is 0 Å². The molecule has 128 valence electrons. The maximum Gasteiger partial charge on any atom is 0.199 e. The summed E-state index contributed by atoms with van der Waals surface area (Å²) in [4.78, 5) is 0. The molecule has 7 heteroatoms. The summed E-state index contributed by atoms with van der Waals surface area (Å²) in [5, 5.41) is 0.263. The first-order valence-corrected chi connectivity index (χ1v) is 10.5. The molecule has 2 nitrogen and oxygen atoms in total. The van der Waals surface area contributed by atoms with Gasteiger partial charge in [0.2, 0.25) is 0 Å². The predicted octanol–water partition coefficient (Wildman–Crippen LogP) is 7.03. The third-order valence-electron chi connectivity index (χ3n) is 3.23. The highest BCUT2D eigenvalue weighted by molar-refractivity contribution is 14.2. The van der Waals surface area contributed by atoms with Gasteiger partial charge in [-0.3, -0.25) is 3.97 Å². The van der Waals surface area contributed by atoms with Crippen LogP contribution in [0.4, 0.5) is 13.2 Å². The predicted molar refractivity (Wildman–Crippen MR) is 101 cm³/mol. The molecule has 0 atom stereocenters. The summed E-state index contributed by atoms with van der Waals surface area (Å²) >= 11 is 2.02. The second-order valence-electron chi connectivity index (χ2n) is 4.66. The average Bonchev–Trinajstić information content (AvgIpc) is 2.99. The van der Waals surface area contributed by atoms with Gasteiger partial charge in [-0.25, -0.2) is 13.2 Å². The van der Waals surface area contributed by atoms with Crippen LogP contribution in [0.15, 0.2) is 36.5 Å². The lowest BCUT2D eigenvalue weighted by Crippen LogP contribution is -1.95. The summed E-state index contributed by atoms with van der Waals surface area (Å²) in [6.07, 6.45) is 1.65. The number of aromatic nitrogens is 1. The van der Waals surface area contributed by atoms with Gasteiger partial charge in [0.15, 0.2) is 17.4 Å². The molecule has 24 heavy (non-hydrogen) atoms. The van der Waals surface area contributed by atoms with E-state index in [4.69, 9.17) is 4.74 Å². The van der Waals surface area contributed by atoms with Crippen molar-refractivity contribution in [3.63, 3.8) is 0 Å². The topological polar surface area (TPSA) is 14.2 Å². The highest BCUT2D eigenvalue weighted by Gasteiger charge is 2.18. The standard InChI is InChI=1S/C15H9F3INOS.C2H6/c1-8-6-9(2-3-11(8)16)21-15-12(17)7-13-10(14(15)18)4-5-20(13)22-19;1-2/h2-7H,1H3;1-2H3. The molecule has 0 amide bonds.